The van der Waals surface area contributed by atoms with Gasteiger partial charge in [0.15, 0.2) is 0 Å². The number of rotatable bonds is 5. The van der Waals surface area contributed by atoms with Crippen LogP contribution in [-0.4, -0.2) is 31.5 Å². The molecule has 0 aliphatic carbocycles. The Hall–Kier alpha value is -2.00. The van der Waals surface area contributed by atoms with Crippen LogP contribution >= 0.6 is 11.6 Å². The van der Waals surface area contributed by atoms with Gasteiger partial charge in [-0.3, -0.25) is 4.79 Å². The van der Waals surface area contributed by atoms with Gasteiger partial charge in [-0.25, -0.2) is 0 Å². The monoisotopic (exact) mass is 303 g/mol. The zero-order valence-electron chi connectivity index (χ0n) is 12.2. The minimum absolute atomic E-state index is 0.0348. The largest absolute Gasteiger partial charge is 0.496 e. The summed E-state index contributed by atoms with van der Waals surface area (Å²) in [4.78, 5) is 14.0. The lowest BCUT2D eigenvalue weighted by atomic mass is 10.1. The molecule has 0 aromatic heterocycles. The van der Waals surface area contributed by atoms with Gasteiger partial charge in [0.2, 0.25) is 0 Å². The highest BCUT2D eigenvalue weighted by Crippen LogP contribution is 2.18. The minimum Gasteiger partial charge on any atom is -0.496 e. The second kappa shape index (κ2) is 7.14. The van der Waals surface area contributed by atoms with Crippen molar-refractivity contribution in [3.63, 3.8) is 0 Å². The Balaban J connectivity index is 2.01. The number of amides is 1. The molecule has 110 valence electrons. The Morgan fingerprint density at radius 2 is 1.95 bits per heavy atom. The maximum Gasteiger partial charge on any atom is 0.253 e. The average molecular weight is 304 g/mol. The zero-order valence-corrected chi connectivity index (χ0v) is 12.9. The van der Waals surface area contributed by atoms with Gasteiger partial charge >= 0.3 is 0 Å². The van der Waals surface area contributed by atoms with Crippen molar-refractivity contribution < 1.29 is 9.53 Å². The van der Waals surface area contributed by atoms with Crippen LogP contribution in [0.15, 0.2) is 48.5 Å². The van der Waals surface area contributed by atoms with E-state index in [9.17, 15) is 4.79 Å². The molecule has 0 saturated heterocycles. The molecule has 2 aromatic rings. The molecule has 2 rings (SSSR count). The van der Waals surface area contributed by atoms with Crippen molar-refractivity contribution in [3.8, 4) is 5.75 Å². The molecule has 0 N–H and O–H groups in total. The van der Waals surface area contributed by atoms with Crippen LogP contribution in [0, 0.1) is 0 Å². The molecule has 0 aliphatic heterocycles. The predicted molar refractivity (Wildman–Crippen MR) is 85.1 cm³/mol. The van der Waals surface area contributed by atoms with Crippen LogP contribution in [0.2, 0.25) is 5.02 Å². The third-order valence-electron chi connectivity index (χ3n) is 3.33. The zero-order chi connectivity index (χ0) is 15.2. The lowest BCUT2D eigenvalue weighted by Crippen LogP contribution is -2.28. The minimum atomic E-state index is -0.0348. The van der Waals surface area contributed by atoms with Gasteiger partial charge in [-0.1, -0.05) is 35.9 Å². The maximum absolute atomic E-state index is 12.3. The van der Waals surface area contributed by atoms with E-state index in [0.29, 0.717) is 17.1 Å². The summed E-state index contributed by atoms with van der Waals surface area (Å²) in [6.07, 6.45) is 0.743. The van der Waals surface area contributed by atoms with Crippen LogP contribution < -0.4 is 4.74 Å². The van der Waals surface area contributed by atoms with Crippen molar-refractivity contribution in [2.75, 3.05) is 20.7 Å². The highest BCUT2D eigenvalue weighted by molar-refractivity contribution is 6.30. The molecule has 0 aliphatic rings. The fourth-order valence-corrected chi connectivity index (χ4v) is 2.33. The topological polar surface area (TPSA) is 29.5 Å². The first-order chi connectivity index (χ1) is 10.1. The molecule has 0 bridgehead atoms. The number of carbonyl (C=O) groups is 1. The highest BCUT2D eigenvalue weighted by Gasteiger charge is 2.12. The van der Waals surface area contributed by atoms with E-state index in [4.69, 9.17) is 16.3 Å². The van der Waals surface area contributed by atoms with E-state index in [1.165, 1.54) is 0 Å². The average Bonchev–Trinajstić information content (AvgIpc) is 2.52. The van der Waals surface area contributed by atoms with Crippen molar-refractivity contribution in [2.24, 2.45) is 0 Å². The van der Waals surface area contributed by atoms with Gasteiger partial charge in [0, 0.05) is 24.2 Å². The molecule has 1 amide bonds. The molecule has 0 saturated carbocycles. The highest BCUT2D eigenvalue weighted by atomic mass is 35.5. The smallest absolute Gasteiger partial charge is 0.253 e. The molecule has 4 heteroatoms. The number of benzene rings is 2. The maximum atomic E-state index is 12.3. The predicted octanol–water partition coefficient (Wildman–Crippen LogP) is 3.66. The SMILES string of the molecule is COc1ccccc1CCN(C)C(=O)c1cccc(Cl)c1. The molecular formula is C17H18ClNO2. The number of methoxy groups -OCH3 is 1. The van der Waals surface area contributed by atoms with E-state index in [1.54, 1.807) is 43.3 Å². The van der Waals surface area contributed by atoms with E-state index < -0.39 is 0 Å². The van der Waals surface area contributed by atoms with Crippen molar-refractivity contribution in [1.82, 2.24) is 4.90 Å². The van der Waals surface area contributed by atoms with Crippen LogP contribution in [0.4, 0.5) is 0 Å². The summed E-state index contributed by atoms with van der Waals surface area (Å²) in [5, 5.41) is 0.568. The van der Waals surface area contributed by atoms with E-state index in [0.717, 1.165) is 17.7 Å². The van der Waals surface area contributed by atoms with Gasteiger partial charge in [0.05, 0.1) is 7.11 Å². The van der Waals surface area contributed by atoms with Crippen molar-refractivity contribution >= 4 is 17.5 Å². The first kappa shape index (κ1) is 15.4. The molecule has 0 atom stereocenters. The summed E-state index contributed by atoms with van der Waals surface area (Å²) in [5.41, 5.74) is 1.69. The standard InChI is InChI=1S/C17H18ClNO2/c1-19(17(20)14-7-5-8-15(18)12-14)11-10-13-6-3-4-9-16(13)21-2/h3-9,12H,10-11H2,1-2H3. The van der Waals surface area contributed by atoms with E-state index in [2.05, 4.69) is 0 Å². The summed E-state index contributed by atoms with van der Waals surface area (Å²) in [5.74, 6) is 0.813. The van der Waals surface area contributed by atoms with E-state index in [1.807, 2.05) is 24.3 Å². The van der Waals surface area contributed by atoms with Gasteiger partial charge in [-0.15, -0.1) is 0 Å². The van der Waals surface area contributed by atoms with Gasteiger partial charge in [-0.05, 0) is 36.2 Å². The second-order valence-electron chi connectivity index (χ2n) is 4.80. The summed E-state index contributed by atoms with van der Waals surface area (Å²) < 4.78 is 5.32. The summed E-state index contributed by atoms with van der Waals surface area (Å²) in [7, 11) is 3.44. The van der Waals surface area contributed by atoms with E-state index >= 15 is 0 Å². The Kier molecular flexibility index (Phi) is 5.23. The van der Waals surface area contributed by atoms with Gasteiger partial charge in [0.25, 0.3) is 5.91 Å². The molecule has 0 unspecified atom stereocenters. The molecular weight excluding hydrogens is 286 g/mol. The van der Waals surface area contributed by atoms with Gasteiger partial charge < -0.3 is 9.64 Å². The normalized spacial score (nSPS) is 10.2. The van der Waals surface area contributed by atoms with Crippen LogP contribution in [0.5, 0.6) is 5.75 Å². The van der Waals surface area contributed by atoms with Crippen molar-refractivity contribution in [3.05, 3.63) is 64.7 Å². The number of carbonyl (C=O) groups excluding carboxylic acids is 1. The number of ether oxygens (including phenoxy) is 1. The summed E-state index contributed by atoms with van der Waals surface area (Å²) in [6, 6.07) is 14.8. The third-order valence-corrected chi connectivity index (χ3v) is 3.56. The molecule has 2 aromatic carbocycles. The Morgan fingerprint density at radius 1 is 1.19 bits per heavy atom. The number of hydrogen-bond acceptors (Lipinski definition) is 2. The first-order valence-electron chi connectivity index (χ1n) is 6.74. The molecule has 0 fully saturated rings. The van der Waals surface area contributed by atoms with Crippen molar-refractivity contribution in [1.29, 1.82) is 0 Å². The first-order valence-corrected chi connectivity index (χ1v) is 7.12. The number of halogens is 1. The number of likely N-dealkylation sites (N-methyl/N-ethyl adjacent to an activating group) is 1. The Bertz CT molecular complexity index is 628. The van der Waals surface area contributed by atoms with Crippen LogP contribution in [0.25, 0.3) is 0 Å². The lowest BCUT2D eigenvalue weighted by Gasteiger charge is -2.18. The van der Waals surface area contributed by atoms with Crippen LogP contribution in [0.1, 0.15) is 15.9 Å². The van der Waals surface area contributed by atoms with Crippen LogP contribution in [-0.2, 0) is 6.42 Å². The number of nitrogens with zero attached hydrogens (tertiary/aromatic N) is 1. The van der Waals surface area contributed by atoms with Crippen molar-refractivity contribution in [2.45, 2.75) is 6.42 Å². The van der Waals surface area contributed by atoms with Crippen LogP contribution in [0.3, 0.4) is 0 Å². The quantitative estimate of drug-likeness (QED) is 0.843. The summed E-state index contributed by atoms with van der Waals surface area (Å²) in [6.45, 7) is 0.617. The van der Waals surface area contributed by atoms with E-state index in [-0.39, 0.29) is 5.91 Å². The third kappa shape index (κ3) is 3.99. The molecule has 3 nitrogen and oxygen atoms in total. The molecule has 0 spiro atoms. The van der Waals surface area contributed by atoms with Gasteiger partial charge in [-0.2, -0.15) is 0 Å². The Morgan fingerprint density at radius 3 is 2.67 bits per heavy atom. The molecule has 0 radical (unpaired) electrons. The fourth-order valence-electron chi connectivity index (χ4n) is 2.14. The Labute approximate surface area is 130 Å². The number of hydrogen-bond donors (Lipinski definition) is 0. The molecule has 0 heterocycles. The second-order valence-corrected chi connectivity index (χ2v) is 5.24. The fraction of sp³-hybridized carbons (Fsp3) is 0.235. The van der Waals surface area contributed by atoms with Gasteiger partial charge in [0.1, 0.15) is 5.75 Å². The summed E-state index contributed by atoms with van der Waals surface area (Å²) >= 11 is 5.92. The lowest BCUT2D eigenvalue weighted by molar-refractivity contribution is 0.0796. The number of para-hydroxylation sites is 1. The molecule has 21 heavy (non-hydrogen) atoms.